The number of carbonyl (C=O) groups is 2. The molecule has 1 aromatic rings. The molecular weight excluding hydrogens is 180 g/mol. The summed E-state index contributed by atoms with van der Waals surface area (Å²) in [5.41, 5.74) is 0.359. The molecule has 67 valence electrons. The predicted molar refractivity (Wildman–Crippen MR) is 50.5 cm³/mol. The van der Waals surface area contributed by atoms with Crippen molar-refractivity contribution in [3.63, 3.8) is 0 Å². The summed E-state index contributed by atoms with van der Waals surface area (Å²) in [7, 11) is 0. The highest BCUT2D eigenvalue weighted by Crippen LogP contribution is 2.03. The van der Waals surface area contributed by atoms with Crippen LogP contribution in [0.25, 0.3) is 0 Å². The highest BCUT2D eigenvalue weighted by molar-refractivity contribution is 6.53. The van der Waals surface area contributed by atoms with Crippen molar-refractivity contribution >= 4 is 23.7 Å². The van der Waals surface area contributed by atoms with Crippen LogP contribution in [-0.2, 0) is 4.79 Å². The molecule has 0 fully saturated rings. The van der Waals surface area contributed by atoms with Crippen molar-refractivity contribution in [1.29, 1.82) is 0 Å². The number of Topliss-reactive ketones (excluding diaryl/α,β-unsaturated/α-hetero) is 1. The second-order valence-electron chi connectivity index (χ2n) is 2.64. The van der Waals surface area contributed by atoms with Gasteiger partial charge in [-0.3, -0.25) is 9.59 Å². The van der Waals surface area contributed by atoms with Gasteiger partial charge in [0.1, 0.15) is 0 Å². The fraction of sp³-hybridized carbons (Fsp3) is 0. The van der Waals surface area contributed by atoms with Crippen molar-refractivity contribution in [1.82, 2.24) is 0 Å². The molecule has 1 aromatic carbocycles. The number of amides is 1. The van der Waals surface area contributed by atoms with Gasteiger partial charge in [0.2, 0.25) is 11.6 Å². The van der Waals surface area contributed by atoms with E-state index in [2.05, 4.69) is 16.1 Å². The van der Waals surface area contributed by atoms with Gasteiger partial charge in [0.05, 0.1) is 6.21 Å². The number of benzene rings is 1. The maximum Gasteiger partial charge on any atom is 0.290 e. The lowest BCUT2D eigenvalue weighted by Gasteiger charge is -1.94. The average Bonchev–Trinajstić information content (AvgIpc) is 2.65. The Bertz CT molecular complexity index is 446. The Balaban J connectivity index is 2.31. The molecule has 0 saturated heterocycles. The van der Waals surface area contributed by atoms with E-state index in [1.807, 2.05) is 0 Å². The lowest BCUT2D eigenvalue weighted by molar-refractivity contribution is -0.111. The first-order valence-corrected chi connectivity index (χ1v) is 3.95. The van der Waals surface area contributed by atoms with Gasteiger partial charge in [-0.2, -0.15) is 4.99 Å². The minimum Gasteiger partial charge on any atom is -0.285 e. The van der Waals surface area contributed by atoms with E-state index in [1.165, 1.54) is 0 Å². The van der Waals surface area contributed by atoms with Crippen LogP contribution in [0.2, 0.25) is 0 Å². The van der Waals surface area contributed by atoms with Gasteiger partial charge in [0.25, 0.3) is 5.91 Å². The number of hydrogen-bond donors (Lipinski definition) is 0. The lowest BCUT2D eigenvalue weighted by atomic mass is 10.1. The van der Waals surface area contributed by atoms with Crippen molar-refractivity contribution in [2.45, 2.75) is 0 Å². The van der Waals surface area contributed by atoms with Crippen LogP contribution in [0.5, 0.6) is 0 Å². The van der Waals surface area contributed by atoms with Crippen molar-refractivity contribution in [2.75, 3.05) is 0 Å². The van der Waals surface area contributed by atoms with Crippen LogP contribution >= 0.6 is 0 Å². The molecule has 2 rings (SSSR count). The first kappa shape index (κ1) is 8.50. The molecule has 1 radical (unpaired) electrons. The van der Waals surface area contributed by atoms with Gasteiger partial charge in [-0.1, -0.05) is 24.3 Å². The quantitative estimate of drug-likeness (QED) is 0.636. The smallest absolute Gasteiger partial charge is 0.285 e. The normalized spacial score (nSPS) is 14.3. The largest absolute Gasteiger partial charge is 0.290 e. The van der Waals surface area contributed by atoms with Gasteiger partial charge < -0.3 is 0 Å². The van der Waals surface area contributed by atoms with Crippen molar-refractivity contribution < 1.29 is 9.59 Å². The van der Waals surface area contributed by atoms with Crippen molar-refractivity contribution in [3.05, 3.63) is 35.9 Å². The van der Waals surface area contributed by atoms with Crippen LogP contribution in [0.4, 0.5) is 0 Å². The first-order chi connectivity index (χ1) is 6.77. The predicted octanol–water partition coefficient (Wildman–Crippen LogP) is 0.679. The molecule has 0 unspecified atom stereocenters. The van der Waals surface area contributed by atoms with E-state index in [4.69, 9.17) is 0 Å². The second kappa shape index (κ2) is 3.33. The maximum atomic E-state index is 11.6. The summed E-state index contributed by atoms with van der Waals surface area (Å²) in [6.45, 7) is 0. The van der Waals surface area contributed by atoms with Gasteiger partial charge >= 0.3 is 0 Å². The maximum absolute atomic E-state index is 11.6. The fourth-order valence-corrected chi connectivity index (χ4v) is 1.04. The summed E-state index contributed by atoms with van der Waals surface area (Å²) in [5, 5.41) is 0. The molecule has 0 aliphatic carbocycles. The summed E-state index contributed by atoms with van der Waals surface area (Å²) in [6.07, 6.45) is 1.02. The van der Waals surface area contributed by atoms with Gasteiger partial charge in [-0.15, -0.1) is 0 Å². The van der Waals surface area contributed by atoms with E-state index in [0.29, 0.717) is 5.56 Å². The Morgan fingerprint density at radius 2 is 2.21 bits per heavy atom. The third-order valence-corrected chi connectivity index (χ3v) is 1.67. The van der Waals surface area contributed by atoms with E-state index in [9.17, 15) is 9.59 Å². The fourth-order valence-electron chi connectivity index (χ4n) is 1.04. The minimum absolute atomic E-state index is 0.0718. The van der Waals surface area contributed by atoms with Crippen LogP contribution < -0.4 is 0 Å². The van der Waals surface area contributed by atoms with Crippen LogP contribution in [0.1, 0.15) is 10.4 Å². The molecule has 0 aromatic heterocycles. The third-order valence-electron chi connectivity index (χ3n) is 1.67. The zero-order chi connectivity index (χ0) is 9.97. The Kier molecular flexibility index (Phi) is 2.02. The number of rotatable bonds is 2. The summed E-state index contributed by atoms with van der Waals surface area (Å²) < 4.78 is 0. The summed E-state index contributed by atoms with van der Waals surface area (Å²) in [5.74, 6) is -0.950. The Morgan fingerprint density at radius 3 is 2.79 bits per heavy atom. The van der Waals surface area contributed by atoms with Crippen LogP contribution in [0.3, 0.4) is 0 Å². The van der Waals surface area contributed by atoms with Crippen LogP contribution in [0, 0.1) is 6.07 Å². The van der Waals surface area contributed by atoms with Crippen LogP contribution in [0.15, 0.2) is 34.3 Å². The number of carbonyl (C=O) groups excluding carboxylic acids is 2. The molecule has 1 heterocycles. The second-order valence-corrected chi connectivity index (χ2v) is 2.64. The standard InChI is InChI=1S/C10H5N2O2/c13-8-6-11-10(12-8)9(14)7-4-2-1-3-5-7/h1-4,6H. The minimum atomic E-state index is -0.496. The van der Waals surface area contributed by atoms with E-state index in [-0.39, 0.29) is 11.6 Å². The lowest BCUT2D eigenvalue weighted by Crippen LogP contribution is -2.10. The third kappa shape index (κ3) is 1.50. The van der Waals surface area contributed by atoms with Gasteiger partial charge in [-0.05, 0) is 6.07 Å². The monoisotopic (exact) mass is 185 g/mol. The molecule has 4 heteroatoms. The van der Waals surface area contributed by atoms with E-state index < -0.39 is 5.91 Å². The zero-order valence-electron chi connectivity index (χ0n) is 7.10. The summed E-state index contributed by atoms with van der Waals surface area (Å²) >= 11 is 0. The van der Waals surface area contributed by atoms with Crippen molar-refractivity contribution in [2.24, 2.45) is 9.98 Å². The number of hydrogen-bond acceptors (Lipinski definition) is 3. The molecule has 1 aliphatic rings. The van der Waals surface area contributed by atoms with Gasteiger partial charge in [0.15, 0.2) is 0 Å². The van der Waals surface area contributed by atoms with E-state index >= 15 is 0 Å². The molecule has 1 amide bonds. The zero-order valence-corrected chi connectivity index (χ0v) is 7.10. The number of nitrogens with zero attached hydrogens (tertiary/aromatic N) is 2. The Hall–Kier alpha value is -2.10. The Morgan fingerprint density at radius 1 is 1.36 bits per heavy atom. The number of aliphatic imine (C=N–C) groups is 2. The number of ketones is 1. The molecule has 0 bridgehead atoms. The molecular formula is C10H5N2O2. The van der Waals surface area contributed by atoms with Gasteiger partial charge in [-0.25, -0.2) is 4.99 Å². The van der Waals surface area contributed by atoms with Gasteiger partial charge in [0, 0.05) is 5.56 Å². The average molecular weight is 185 g/mol. The molecule has 0 spiro atoms. The van der Waals surface area contributed by atoms with Crippen LogP contribution in [-0.4, -0.2) is 23.7 Å². The summed E-state index contributed by atoms with van der Waals surface area (Å²) in [6, 6.07) is 9.43. The molecule has 1 aliphatic heterocycles. The first-order valence-electron chi connectivity index (χ1n) is 3.95. The highest BCUT2D eigenvalue weighted by Gasteiger charge is 2.17. The number of amidine groups is 1. The summed E-state index contributed by atoms with van der Waals surface area (Å²) in [4.78, 5) is 29.3. The topological polar surface area (TPSA) is 58.9 Å². The molecule has 0 N–H and O–H groups in total. The highest BCUT2D eigenvalue weighted by atomic mass is 16.2. The van der Waals surface area contributed by atoms with E-state index in [0.717, 1.165) is 6.21 Å². The molecule has 4 nitrogen and oxygen atoms in total. The van der Waals surface area contributed by atoms with E-state index in [1.54, 1.807) is 24.3 Å². The Labute approximate surface area is 80.0 Å². The molecule has 14 heavy (non-hydrogen) atoms. The van der Waals surface area contributed by atoms with Crippen molar-refractivity contribution in [3.8, 4) is 0 Å². The molecule has 0 saturated carbocycles. The molecule has 0 atom stereocenters. The SMILES string of the molecule is O=C1C=NC(C(=O)c2[c]cccc2)=N1.